The Morgan fingerprint density at radius 3 is 2.19 bits per heavy atom. The minimum absolute atomic E-state index is 0.345. The molecule has 0 aromatic rings. The second kappa shape index (κ2) is 2.80. The summed E-state index contributed by atoms with van der Waals surface area (Å²) < 4.78 is 0. The van der Waals surface area contributed by atoms with Crippen molar-refractivity contribution in [3.8, 4) is 0 Å². The maximum absolute atomic E-state index is 12.6. The summed E-state index contributed by atoms with van der Waals surface area (Å²) in [6.07, 6.45) is 4.95. The van der Waals surface area contributed by atoms with Gasteiger partial charge in [-0.25, -0.2) is 0 Å². The summed E-state index contributed by atoms with van der Waals surface area (Å²) in [4.78, 5) is 12.6. The second-order valence-electron chi connectivity index (χ2n) is 6.90. The third-order valence-corrected chi connectivity index (χ3v) is 5.91. The van der Waals surface area contributed by atoms with Crippen molar-refractivity contribution in [1.82, 2.24) is 0 Å². The van der Waals surface area contributed by atoms with Gasteiger partial charge >= 0.3 is 0 Å². The fraction of sp³-hybridized carbons (Fsp3) is 0.800. The molecule has 4 aliphatic carbocycles. The van der Waals surface area contributed by atoms with Crippen molar-refractivity contribution >= 4 is 5.78 Å². The van der Waals surface area contributed by atoms with E-state index in [1.54, 1.807) is 0 Å². The molecule has 88 valence electrons. The highest BCUT2D eigenvalue weighted by Gasteiger charge is 2.72. The predicted octanol–water partition coefficient (Wildman–Crippen LogP) is 3.74. The lowest BCUT2D eigenvalue weighted by atomic mass is 9.30. The van der Waals surface area contributed by atoms with Crippen molar-refractivity contribution in [3.05, 3.63) is 11.1 Å². The average molecular weight is 218 g/mol. The summed E-state index contributed by atoms with van der Waals surface area (Å²) in [6, 6.07) is 0. The van der Waals surface area contributed by atoms with Gasteiger partial charge in [0.1, 0.15) is 0 Å². The zero-order valence-electron chi connectivity index (χ0n) is 10.9. The molecule has 4 fully saturated rings. The van der Waals surface area contributed by atoms with Crippen LogP contribution in [0.5, 0.6) is 0 Å². The van der Waals surface area contributed by atoms with E-state index >= 15 is 0 Å². The Balaban J connectivity index is 2.06. The van der Waals surface area contributed by atoms with Crippen LogP contribution in [0.15, 0.2) is 11.1 Å². The summed E-state index contributed by atoms with van der Waals surface area (Å²) in [5.41, 5.74) is 3.11. The largest absolute Gasteiger partial charge is 0.294 e. The molecule has 16 heavy (non-hydrogen) atoms. The number of hydrogen-bond acceptors (Lipinski definition) is 1. The molecular formula is C15H22O. The first-order chi connectivity index (χ1) is 7.41. The molecule has 0 unspecified atom stereocenters. The summed E-state index contributed by atoms with van der Waals surface area (Å²) >= 11 is 0. The highest BCUT2D eigenvalue weighted by atomic mass is 16.1. The molecule has 0 heterocycles. The molecule has 2 atom stereocenters. The van der Waals surface area contributed by atoms with E-state index in [9.17, 15) is 4.79 Å². The predicted molar refractivity (Wildman–Crippen MR) is 65.0 cm³/mol. The normalized spacial score (nSPS) is 50.0. The molecule has 0 radical (unpaired) electrons. The Hall–Kier alpha value is -0.590. The summed E-state index contributed by atoms with van der Waals surface area (Å²) in [5, 5.41) is 0. The highest BCUT2D eigenvalue weighted by molar-refractivity contribution is 6.01. The number of rotatable bonds is 0. The molecule has 0 N–H and O–H groups in total. The third-order valence-electron chi connectivity index (χ3n) is 5.91. The molecule has 0 aromatic heterocycles. The van der Waals surface area contributed by atoms with Gasteiger partial charge in [-0.05, 0) is 55.4 Å². The highest BCUT2D eigenvalue weighted by Crippen LogP contribution is 2.75. The Bertz CT molecular complexity index is 384. The number of ketones is 1. The van der Waals surface area contributed by atoms with Crippen molar-refractivity contribution in [2.45, 2.75) is 53.4 Å². The van der Waals surface area contributed by atoms with Crippen molar-refractivity contribution < 1.29 is 4.79 Å². The zero-order chi connectivity index (χ0) is 11.7. The number of hydrogen-bond donors (Lipinski definition) is 0. The van der Waals surface area contributed by atoms with Crippen molar-refractivity contribution in [3.63, 3.8) is 0 Å². The van der Waals surface area contributed by atoms with Crippen LogP contribution in [0.3, 0.4) is 0 Å². The first-order valence-corrected chi connectivity index (χ1v) is 6.62. The molecule has 4 saturated carbocycles. The van der Waals surface area contributed by atoms with E-state index in [1.807, 2.05) is 0 Å². The van der Waals surface area contributed by atoms with Gasteiger partial charge in [0, 0.05) is 5.92 Å². The van der Waals surface area contributed by atoms with Crippen LogP contribution in [-0.2, 0) is 4.79 Å². The first kappa shape index (κ1) is 10.6. The lowest BCUT2D eigenvalue weighted by molar-refractivity contribution is -0.226. The van der Waals surface area contributed by atoms with Crippen LogP contribution in [0, 0.1) is 22.7 Å². The van der Waals surface area contributed by atoms with E-state index in [1.165, 1.54) is 24.8 Å². The zero-order valence-corrected chi connectivity index (χ0v) is 10.9. The molecule has 0 amide bonds. The number of carbonyl (C=O) groups is 1. The van der Waals surface area contributed by atoms with Crippen LogP contribution >= 0.6 is 0 Å². The van der Waals surface area contributed by atoms with Gasteiger partial charge in [0.25, 0.3) is 0 Å². The van der Waals surface area contributed by atoms with E-state index in [0.29, 0.717) is 22.5 Å². The number of carbonyl (C=O) groups excluding carboxylic acids is 1. The van der Waals surface area contributed by atoms with E-state index in [0.717, 1.165) is 17.9 Å². The molecule has 0 saturated heterocycles. The van der Waals surface area contributed by atoms with Crippen LogP contribution in [0.1, 0.15) is 53.4 Å². The SMILES string of the molecule is CC(C)=C1CC2[C@]3(C)CCC[C@]2(C)C3C1=O. The van der Waals surface area contributed by atoms with Crippen molar-refractivity contribution in [2.24, 2.45) is 22.7 Å². The fourth-order valence-electron chi connectivity index (χ4n) is 5.29. The minimum Gasteiger partial charge on any atom is -0.294 e. The van der Waals surface area contributed by atoms with Crippen molar-refractivity contribution in [2.75, 3.05) is 0 Å². The van der Waals surface area contributed by atoms with E-state index < -0.39 is 0 Å². The molecule has 0 aromatic carbocycles. The van der Waals surface area contributed by atoms with Gasteiger partial charge in [-0.1, -0.05) is 25.8 Å². The average Bonchev–Trinajstić information content (AvgIpc) is 2.15. The topological polar surface area (TPSA) is 17.1 Å². The Morgan fingerprint density at radius 1 is 1.19 bits per heavy atom. The van der Waals surface area contributed by atoms with Crippen molar-refractivity contribution in [1.29, 1.82) is 0 Å². The van der Waals surface area contributed by atoms with Gasteiger partial charge in [0.2, 0.25) is 0 Å². The lowest BCUT2D eigenvalue weighted by Gasteiger charge is -2.73. The lowest BCUT2D eigenvalue weighted by Crippen LogP contribution is -2.70. The van der Waals surface area contributed by atoms with Crippen LogP contribution < -0.4 is 0 Å². The van der Waals surface area contributed by atoms with Gasteiger partial charge in [-0.3, -0.25) is 4.79 Å². The smallest absolute Gasteiger partial charge is 0.162 e. The standard InChI is InChI=1S/C15H22O/c1-9(2)10-8-11-14(3)6-5-7-15(11,4)13(14)12(10)16/h11,13H,5-8H2,1-4H3/t11?,13?,14-,15-/m0/s1. The quantitative estimate of drug-likeness (QED) is 0.566. The summed E-state index contributed by atoms with van der Waals surface area (Å²) in [7, 11) is 0. The monoisotopic (exact) mass is 218 g/mol. The summed E-state index contributed by atoms with van der Waals surface area (Å²) in [5.74, 6) is 1.62. The Kier molecular flexibility index (Phi) is 1.85. The molecule has 4 bridgehead atoms. The van der Waals surface area contributed by atoms with Crippen LogP contribution in [0.4, 0.5) is 0 Å². The van der Waals surface area contributed by atoms with Gasteiger partial charge in [0.15, 0.2) is 5.78 Å². The molecule has 0 aliphatic heterocycles. The van der Waals surface area contributed by atoms with Gasteiger partial charge in [-0.2, -0.15) is 0 Å². The fourth-order valence-corrected chi connectivity index (χ4v) is 5.29. The Morgan fingerprint density at radius 2 is 1.75 bits per heavy atom. The maximum atomic E-state index is 12.6. The van der Waals surface area contributed by atoms with E-state index in [-0.39, 0.29) is 0 Å². The number of Topliss-reactive ketones (excluding diaryl/α,β-unsaturated/α-hetero) is 1. The Labute approximate surface area is 98.3 Å². The van der Waals surface area contributed by atoms with E-state index in [4.69, 9.17) is 0 Å². The molecule has 1 heteroatoms. The van der Waals surface area contributed by atoms with Gasteiger partial charge in [-0.15, -0.1) is 0 Å². The third kappa shape index (κ3) is 0.919. The van der Waals surface area contributed by atoms with E-state index in [2.05, 4.69) is 27.7 Å². The van der Waals surface area contributed by atoms with Crippen LogP contribution in [-0.4, -0.2) is 5.78 Å². The maximum Gasteiger partial charge on any atom is 0.162 e. The van der Waals surface area contributed by atoms with Crippen LogP contribution in [0.2, 0.25) is 0 Å². The summed E-state index contributed by atoms with van der Waals surface area (Å²) in [6.45, 7) is 8.92. The molecule has 0 spiro atoms. The number of allylic oxidation sites excluding steroid dienone is 2. The molecule has 1 nitrogen and oxygen atoms in total. The molecular weight excluding hydrogens is 196 g/mol. The van der Waals surface area contributed by atoms with Crippen LogP contribution in [0.25, 0.3) is 0 Å². The second-order valence-corrected chi connectivity index (χ2v) is 6.90. The minimum atomic E-state index is 0.345. The van der Waals surface area contributed by atoms with Gasteiger partial charge in [0.05, 0.1) is 0 Å². The first-order valence-electron chi connectivity index (χ1n) is 6.62. The molecule has 4 aliphatic rings. The molecule has 4 rings (SSSR count). The number of fused-ring (bicyclic) bond motifs is 2. The van der Waals surface area contributed by atoms with Gasteiger partial charge < -0.3 is 0 Å².